The van der Waals surface area contributed by atoms with Crippen LogP contribution in [-0.4, -0.2) is 16.6 Å². The molecule has 1 aromatic carbocycles. The molecule has 14 heavy (non-hydrogen) atoms. The molecule has 0 saturated carbocycles. The summed E-state index contributed by atoms with van der Waals surface area (Å²) < 4.78 is 0. The van der Waals surface area contributed by atoms with Gasteiger partial charge >= 0.3 is 0 Å². The Labute approximate surface area is 82.2 Å². The van der Waals surface area contributed by atoms with Gasteiger partial charge in [0.05, 0.1) is 5.52 Å². The molecule has 2 aromatic rings. The zero-order chi connectivity index (χ0) is 9.97. The van der Waals surface area contributed by atoms with Crippen molar-refractivity contribution < 1.29 is 10.8 Å². The van der Waals surface area contributed by atoms with E-state index in [9.17, 15) is 5.11 Å². The minimum absolute atomic E-state index is 0.473. The fourth-order valence-corrected chi connectivity index (χ4v) is 1.47. The van der Waals surface area contributed by atoms with Gasteiger partial charge < -0.3 is 10.8 Å². The second-order valence-electron chi connectivity index (χ2n) is 3.26. The molecular formula is C11H13N2O+. The molecule has 0 unspecified atom stereocenters. The normalized spacial score (nSPS) is 13.0. The molecule has 0 aliphatic rings. The van der Waals surface area contributed by atoms with E-state index in [1.54, 1.807) is 6.20 Å². The Kier molecular flexibility index (Phi) is 2.43. The first kappa shape index (κ1) is 9.12. The Morgan fingerprint density at radius 1 is 1.36 bits per heavy atom. The fraction of sp³-hybridized carbons (Fsp3) is 0.182. The number of aliphatic hydroxyl groups excluding tert-OH is 1. The molecule has 0 radical (unpaired) electrons. The molecule has 0 spiro atoms. The van der Waals surface area contributed by atoms with Crippen molar-refractivity contribution in [1.82, 2.24) is 4.98 Å². The lowest BCUT2D eigenvalue weighted by Crippen LogP contribution is -2.52. The van der Waals surface area contributed by atoms with Gasteiger partial charge in [-0.25, -0.2) is 0 Å². The largest absolute Gasteiger partial charge is 0.382 e. The van der Waals surface area contributed by atoms with E-state index < -0.39 is 6.10 Å². The van der Waals surface area contributed by atoms with Gasteiger partial charge in [0.25, 0.3) is 0 Å². The molecule has 3 nitrogen and oxygen atoms in total. The Balaban J connectivity index is 2.51. The quantitative estimate of drug-likeness (QED) is 0.723. The summed E-state index contributed by atoms with van der Waals surface area (Å²) in [6, 6.07) is 9.65. The molecule has 0 bridgehead atoms. The number of benzene rings is 1. The maximum Gasteiger partial charge on any atom is 0.128 e. The first-order chi connectivity index (χ1) is 6.81. The number of aromatic nitrogens is 1. The van der Waals surface area contributed by atoms with Crippen LogP contribution >= 0.6 is 0 Å². The second kappa shape index (κ2) is 3.74. The van der Waals surface area contributed by atoms with Gasteiger partial charge in [0, 0.05) is 11.6 Å². The monoisotopic (exact) mass is 189 g/mol. The number of nitrogens with zero attached hydrogens (tertiary/aromatic N) is 1. The highest BCUT2D eigenvalue weighted by atomic mass is 16.3. The van der Waals surface area contributed by atoms with Crippen molar-refractivity contribution >= 4 is 10.9 Å². The molecule has 0 fully saturated rings. The summed E-state index contributed by atoms with van der Waals surface area (Å²) >= 11 is 0. The third kappa shape index (κ3) is 1.60. The number of pyridine rings is 1. The SMILES string of the molecule is [NH3+]C[C@@H](O)c1ccc2ncccc2c1. The van der Waals surface area contributed by atoms with Crippen LogP contribution in [0.25, 0.3) is 10.9 Å². The third-order valence-corrected chi connectivity index (χ3v) is 2.29. The lowest BCUT2D eigenvalue weighted by molar-refractivity contribution is -0.385. The molecule has 1 aromatic heterocycles. The van der Waals surface area contributed by atoms with E-state index in [2.05, 4.69) is 10.7 Å². The summed E-state index contributed by atoms with van der Waals surface area (Å²) in [5.74, 6) is 0. The highest BCUT2D eigenvalue weighted by Gasteiger charge is 2.07. The first-order valence-electron chi connectivity index (χ1n) is 4.63. The molecule has 1 heterocycles. The van der Waals surface area contributed by atoms with Crippen LogP contribution in [0.1, 0.15) is 11.7 Å². The van der Waals surface area contributed by atoms with Crippen molar-refractivity contribution in [3.05, 3.63) is 42.1 Å². The molecular weight excluding hydrogens is 176 g/mol. The van der Waals surface area contributed by atoms with E-state index >= 15 is 0 Å². The van der Waals surface area contributed by atoms with Crippen LogP contribution in [0, 0.1) is 0 Å². The second-order valence-corrected chi connectivity index (χ2v) is 3.26. The van der Waals surface area contributed by atoms with E-state index in [1.165, 1.54) is 0 Å². The minimum Gasteiger partial charge on any atom is -0.382 e. The van der Waals surface area contributed by atoms with Crippen LogP contribution in [0.15, 0.2) is 36.5 Å². The fourth-order valence-electron chi connectivity index (χ4n) is 1.47. The van der Waals surface area contributed by atoms with Gasteiger partial charge in [-0.15, -0.1) is 0 Å². The van der Waals surface area contributed by atoms with E-state index in [0.717, 1.165) is 16.5 Å². The van der Waals surface area contributed by atoms with Gasteiger partial charge in [0.1, 0.15) is 12.6 Å². The lowest BCUT2D eigenvalue weighted by Gasteiger charge is -2.06. The first-order valence-corrected chi connectivity index (χ1v) is 4.63. The lowest BCUT2D eigenvalue weighted by atomic mass is 10.1. The van der Waals surface area contributed by atoms with E-state index in [1.807, 2.05) is 30.3 Å². The van der Waals surface area contributed by atoms with Gasteiger partial charge in [-0.2, -0.15) is 0 Å². The van der Waals surface area contributed by atoms with Crippen LogP contribution in [0.4, 0.5) is 0 Å². The summed E-state index contributed by atoms with van der Waals surface area (Å²) in [4.78, 5) is 4.21. The highest BCUT2D eigenvalue weighted by molar-refractivity contribution is 5.78. The molecule has 0 aliphatic carbocycles. The zero-order valence-electron chi connectivity index (χ0n) is 7.85. The molecule has 3 heteroatoms. The van der Waals surface area contributed by atoms with Crippen LogP contribution in [-0.2, 0) is 0 Å². The van der Waals surface area contributed by atoms with Crippen LogP contribution in [0.3, 0.4) is 0 Å². The van der Waals surface area contributed by atoms with Crippen molar-refractivity contribution in [3.63, 3.8) is 0 Å². The topological polar surface area (TPSA) is 60.8 Å². The van der Waals surface area contributed by atoms with E-state index in [0.29, 0.717) is 6.54 Å². The molecule has 1 atom stereocenters. The van der Waals surface area contributed by atoms with E-state index in [-0.39, 0.29) is 0 Å². The van der Waals surface area contributed by atoms with Crippen molar-refractivity contribution in [1.29, 1.82) is 0 Å². The molecule has 0 amide bonds. The Morgan fingerprint density at radius 2 is 2.21 bits per heavy atom. The summed E-state index contributed by atoms with van der Waals surface area (Å²) in [5.41, 5.74) is 5.53. The maximum atomic E-state index is 9.61. The standard InChI is InChI=1S/C11H12N2O/c12-7-11(14)9-3-4-10-8(6-9)2-1-5-13-10/h1-6,11,14H,7,12H2/p+1/t11-/m1/s1. The van der Waals surface area contributed by atoms with Gasteiger partial charge in [-0.05, 0) is 23.8 Å². The number of rotatable bonds is 2. The number of aliphatic hydroxyl groups is 1. The van der Waals surface area contributed by atoms with Crippen LogP contribution in [0.5, 0.6) is 0 Å². The molecule has 72 valence electrons. The summed E-state index contributed by atoms with van der Waals surface area (Å²) in [7, 11) is 0. The van der Waals surface area contributed by atoms with Crippen LogP contribution < -0.4 is 5.73 Å². The number of hydrogen-bond donors (Lipinski definition) is 2. The number of hydrogen-bond acceptors (Lipinski definition) is 2. The van der Waals surface area contributed by atoms with Crippen molar-refractivity contribution in [2.45, 2.75) is 6.10 Å². The van der Waals surface area contributed by atoms with Gasteiger partial charge in [-0.3, -0.25) is 4.98 Å². The zero-order valence-corrected chi connectivity index (χ0v) is 7.85. The summed E-state index contributed by atoms with van der Waals surface area (Å²) in [5, 5.41) is 10.7. The van der Waals surface area contributed by atoms with Crippen molar-refractivity contribution in [3.8, 4) is 0 Å². The maximum absolute atomic E-state index is 9.61. The summed E-state index contributed by atoms with van der Waals surface area (Å²) in [6.45, 7) is 0.492. The van der Waals surface area contributed by atoms with Gasteiger partial charge in [0.2, 0.25) is 0 Å². The highest BCUT2D eigenvalue weighted by Crippen LogP contribution is 2.17. The van der Waals surface area contributed by atoms with E-state index in [4.69, 9.17) is 0 Å². The molecule has 0 saturated heterocycles. The molecule has 0 aliphatic heterocycles. The average Bonchev–Trinajstić information content (AvgIpc) is 2.27. The van der Waals surface area contributed by atoms with Crippen LogP contribution in [0.2, 0.25) is 0 Å². The number of quaternary nitrogens is 1. The predicted molar refractivity (Wildman–Crippen MR) is 54.5 cm³/mol. The Morgan fingerprint density at radius 3 is 3.00 bits per heavy atom. The number of fused-ring (bicyclic) bond motifs is 1. The minimum atomic E-state index is -0.473. The third-order valence-electron chi connectivity index (χ3n) is 2.29. The van der Waals surface area contributed by atoms with Crippen molar-refractivity contribution in [2.24, 2.45) is 0 Å². The summed E-state index contributed by atoms with van der Waals surface area (Å²) in [6.07, 6.45) is 1.29. The Hall–Kier alpha value is -1.45. The molecule has 4 N–H and O–H groups in total. The Bertz CT molecular complexity index is 442. The molecule has 2 rings (SSSR count). The average molecular weight is 189 g/mol. The smallest absolute Gasteiger partial charge is 0.128 e. The van der Waals surface area contributed by atoms with Gasteiger partial charge in [0.15, 0.2) is 0 Å². The van der Waals surface area contributed by atoms with Crippen molar-refractivity contribution in [2.75, 3.05) is 6.54 Å². The van der Waals surface area contributed by atoms with Gasteiger partial charge in [-0.1, -0.05) is 12.1 Å². The predicted octanol–water partition coefficient (Wildman–Crippen LogP) is 0.510.